The molecule has 41 heavy (non-hydrogen) atoms. The number of carbonyl (C=O) groups excluding carboxylic acids is 3. The van der Waals surface area contributed by atoms with Gasteiger partial charge in [0.1, 0.15) is 28.9 Å². The van der Waals surface area contributed by atoms with E-state index in [0.717, 1.165) is 4.90 Å². The van der Waals surface area contributed by atoms with Crippen molar-refractivity contribution in [1.29, 1.82) is 0 Å². The molecule has 0 saturated carbocycles. The number of nitrogens with zero attached hydrogens (tertiary/aromatic N) is 1. The lowest BCUT2D eigenvalue weighted by Crippen LogP contribution is -2.51. The standard InChI is InChI=1S/C31H33N3O7/c1-6-34(29(38)25(33-30(39)41-31(2,3)4)19-20-11-15-22(35)16-12-20)27(24-9-7-8-10-26(24)36)28(37)32-21-13-17-23(40-5)18-14-21/h1,7-18,25,27,35-36H,19H2,2-5H3,(H,32,37)(H,33,39). The Bertz CT molecular complexity index is 1410. The summed E-state index contributed by atoms with van der Waals surface area (Å²) in [4.78, 5) is 41.2. The SMILES string of the molecule is C#CN(C(=O)C(Cc1ccc(O)cc1)NC(=O)OC(C)(C)C)C(C(=O)Nc1ccc(OC)cc1)c1ccccc1O. The van der Waals surface area contributed by atoms with Gasteiger partial charge in [0, 0.05) is 23.7 Å². The number of para-hydroxylation sites is 1. The van der Waals surface area contributed by atoms with Gasteiger partial charge >= 0.3 is 6.09 Å². The van der Waals surface area contributed by atoms with Gasteiger partial charge in [0.2, 0.25) is 0 Å². The van der Waals surface area contributed by atoms with Crippen LogP contribution in [0.1, 0.15) is 37.9 Å². The molecule has 3 aromatic rings. The molecule has 0 heterocycles. The van der Waals surface area contributed by atoms with Gasteiger partial charge in [-0.15, -0.1) is 0 Å². The third-order valence-corrected chi connectivity index (χ3v) is 5.84. The van der Waals surface area contributed by atoms with Gasteiger partial charge in [-0.3, -0.25) is 14.5 Å². The van der Waals surface area contributed by atoms with Crippen LogP contribution in [0.5, 0.6) is 17.2 Å². The number of benzene rings is 3. The third kappa shape index (κ3) is 8.41. The Kier molecular flexibility index (Phi) is 9.82. The maximum absolute atomic E-state index is 14.0. The Hall–Kier alpha value is -5.17. The predicted molar refractivity (Wildman–Crippen MR) is 153 cm³/mol. The molecule has 0 bridgehead atoms. The molecule has 0 aliphatic rings. The van der Waals surface area contributed by atoms with Crippen molar-refractivity contribution in [3.8, 4) is 29.7 Å². The average molecular weight is 560 g/mol. The quantitative estimate of drug-likeness (QED) is 0.226. The van der Waals surface area contributed by atoms with Crippen molar-refractivity contribution in [2.24, 2.45) is 0 Å². The van der Waals surface area contributed by atoms with E-state index in [1.807, 2.05) is 0 Å². The first-order chi connectivity index (χ1) is 19.4. The second-order valence-electron chi connectivity index (χ2n) is 10.1. The molecule has 2 unspecified atom stereocenters. The fourth-order valence-corrected chi connectivity index (χ4v) is 3.95. The van der Waals surface area contributed by atoms with Crippen LogP contribution >= 0.6 is 0 Å². The predicted octanol–water partition coefficient (Wildman–Crippen LogP) is 4.34. The lowest BCUT2D eigenvalue weighted by molar-refractivity contribution is -0.136. The minimum absolute atomic E-state index is 0.0248. The molecule has 3 aromatic carbocycles. The molecular formula is C31H33N3O7. The van der Waals surface area contributed by atoms with Gasteiger partial charge in [-0.1, -0.05) is 36.8 Å². The smallest absolute Gasteiger partial charge is 0.408 e. The van der Waals surface area contributed by atoms with Crippen molar-refractivity contribution < 1.29 is 34.1 Å². The van der Waals surface area contributed by atoms with E-state index >= 15 is 0 Å². The van der Waals surface area contributed by atoms with Gasteiger partial charge in [0.15, 0.2) is 6.04 Å². The van der Waals surface area contributed by atoms with Crippen LogP contribution < -0.4 is 15.4 Å². The summed E-state index contributed by atoms with van der Waals surface area (Å²) in [6, 6.07) is 18.1. The number of phenols is 2. The number of carbonyl (C=O) groups is 3. The molecule has 4 N–H and O–H groups in total. The molecule has 0 aliphatic carbocycles. The van der Waals surface area contributed by atoms with Crippen LogP contribution in [0.25, 0.3) is 0 Å². The second-order valence-corrected chi connectivity index (χ2v) is 10.1. The lowest BCUT2D eigenvalue weighted by atomic mass is 10.00. The van der Waals surface area contributed by atoms with Gasteiger partial charge in [0.25, 0.3) is 11.8 Å². The number of terminal acetylenes is 1. The summed E-state index contributed by atoms with van der Waals surface area (Å²) in [6.45, 7) is 5.03. The van der Waals surface area contributed by atoms with E-state index in [0.29, 0.717) is 17.0 Å². The Morgan fingerprint density at radius 2 is 1.61 bits per heavy atom. The number of hydrogen-bond acceptors (Lipinski definition) is 7. The van der Waals surface area contributed by atoms with Crippen molar-refractivity contribution in [2.75, 3.05) is 12.4 Å². The molecule has 0 radical (unpaired) electrons. The largest absolute Gasteiger partial charge is 0.508 e. The minimum atomic E-state index is -1.47. The Morgan fingerprint density at radius 3 is 2.17 bits per heavy atom. The molecule has 0 saturated heterocycles. The second kappa shape index (κ2) is 13.3. The van der Waals surface area contributed by atoms with E-state index in [4.69, 9.17) is 15.9 Å². The van der Waals surface area contributed by atoms with Gasteiger partial charge in [-0.25, -0.2) is 4.79 Å². The van der Waals surface area contributed by atoms with Gasteiger partial charge in [0.05, 0.1) is 7.11 Å². The lowest BCUT2D eigenvalue weighted by Gasteiger charge is -2.30. The van der Waals surface area contributed by atoms with E-state index in [1.54, 1.807) is 69.3 Å². The maximum atomic E-state index is 14.0. The first-order valence-corrected chi connectivity index (χ1v) is 12.7. The number of phenolic OH excluding ortho intramolecular Hbond substituents is 2. The number of amides is 3. The normalized spacial score (nSPS) is 12.3. The van der Waals surface area contributed by atoms with Crippen LogP contribution in [0.15, 0.2) is 72.8 Å². The summed E-state index contributed by atoms with van der Waals surface area (Å²) in [5.74, 6) is -1.17. The molecule has 0 fully saturated rings. The first-order valence-electron chi connectivity index (χ1n) is 12.7. The van der Waals surface area contributed by atoms with Crippen LogP contribution in [0, 0.1) is 12.5 Å². The summed E-state index contributed by atoms with van der Waals surface area (Å²) >= 11 is 0. The number of anilines is 1. The third-order valence-electron chi connectivity index (χ3n) is 5.84. The summed E-state index contributed by atoms with van der Waals surface area (Å²) in [5, 5.41) is 25.6. The average Bonchev–Trinajstić information content (AvgIpc) is 2.92. The first kappa shape index (κ1) is 30.4. The highest BCUT2D eigenvalue weighted by molar-refractivity contribution is 6.00. The molecule has 10 heteroatoms. The number of aromatic hydroxyl groups is 2. The van der Waals surface area contributed by atoms with E-state index in [1.165, 1.54) is 31.4 Å². The molecule has 0 aliphatic heterocycles. The summed E-state index contributed by atoms with van der Waals surface area (Å²) in [7, 11) is 1.51. The molecule has 214 valence electrons. The number of alkyl carbamates (subject to hydrolysis) is 1. The molecule has 3 rings (SSSR count). The molecule has 3 amide bonds. The fourth-order valence-electron chi connectivity index (χ4n) is 3.95. The van der Waals surface area contributed by atoms with Crippen molar-refractivity contribution >= 4 is 23.6 Å². The fraction of sp³-hybridized carbons (Fsp3) is 0.258. The molecule has 10 nitrogen and oxygen atoms in total. The van der Waals surface area contributed by atoms with Crippen molar-refractivity contribution in [2.45, 2.75) is 44.9 Å². The van der Waals surface area contributed by atoms with Crippen LogP contribution in [0.2, 0.25) is 0 Å². The zero-order valence-electron chi connectivity index (χ0n) is 23.3. The number of ether oxygens (including phenoxy) is 2. The number of methoxy groups -OCH3 is 1. The minimum Gasteiger partial charge on any atom is -0.508 e. The number of hydrogen-bond donors (Lipinski definition) is 4. The van der Waals surface area contributed by atoms with Crippen molar-refractivity contribution in [3.63, 3.8) is 0 Å². The maximum Gasteiger partial charge on any atom is 0.408 e. The van der Waals surface area contributed by atoms with Crippen LogP contribution in [-0.4, -0.2) is 51.8 Å². The van der Waals surface area contributed by atoms with Gasteiger partial charge in [-0.2, -0.15) is 0 Å². The summed E-state index contributed by atoms with van der Waals surface area (Å²) in [6.07, 6.45) is 4.91. The Balaban J connectivity index is 2.01. The van der Waals surface area contributed by atoms with Crippen LogP contribution in [0.3, 0.4) is 0 Å². The van der Waals surface area contributed by atoms with E-state index in [2.05, 4.69) is 16.7 Å². The highest BCUT2D eigenvalue weighted by Gasteiger charge is 2.37. The molecular weight excluding hydrogens is 526 g/mol. The monoisotopic (exact) mass is 559 g/mol. The molecule has 0 aromatic heterocycles. The van der Waals surface area contributed by atoms with E-state index in [9.17, 15) is 24.6 Å². The highest BCUT2D eigenvalue weighted by atomic mass is 16.6. The topological polar surface area (TPSA) is 137 Å². The van der Waals surface area contributed by atoms with Crippen molar-refractivity contribution in [3.05, 3.63) is 83.9 Å². The highest BCUT2D eigenvalue weighted by Crippen LogP contribution is 2.31. The number of nitrogens with one attached hydrogen (secondary N) is 2. The Labute approximate surface area is 238 Å². The molecule has 2 atom stereocenters. The Morgan fingerprint density at radius 1 is 0.976 bits per heavy atom. The van der Waals surface area contributed by atoms with Crippen LogP contribution in [-0.2, 0) is 20.7 Å². The summed E-state index contributed by atoms with van der Waals surface area (Å²) in [5.41, 5.74) is 0.216. The number of rotatable bonds is 9. The summed E-state index contributed by atoms with van der Waals surface area (Å²) < 4.78 is 10.5. The van der Waals surface area contributed by atoms with E-state index < -0.39 is 35.6 Å². The van der Waals surface area contributed by atoms with Gasteiger partial charge < -0.3 is 30.3 Å². The van der Waals surface area contributed by atoms with Gasteiger partial charge in [-0.05, 0) is 68.8 Å². The van der Waals surface area contributed by atoms with Crippen LogP contribution in [0.4, 0.5) is 10.5 Å². The zero-order chi connectivity index (χ0) is 30.2. The van der Waals surface area contributed by atoms with Crippen molar-refractivity contribution in [1.82, 2.24) is 10.2 Å². The molecule has 0 spiro atoms. The van der Waals surface area contributed by atoms with E-state index in [-0.39, 0.29) is 23.5 Å². The zero-order valence-corrected chi connectivity index (χ0v) is 23.3.